The van der Waals surface area contributed by atoms with Crippen molar-refractivity contribution < 1.29 is 0 Å². The minimum atomic E-state index is 0.480. The van der Waals surface area contributed by atoms with Crippen molar-refractivity contribution in [3.63, 3.8) is 0 Å². The van der Waals surface area contributed by atoms with Crippen LogP contribution in [0, 0.1) is 6.92 Å². The van der Waals surface area contributed by atoms with Gasteiger partial charge in [-0.1, -0.05) is 31.0 Å². The van der Waals surface area contributed by atoms with Gasteiger partial charge in [0.15, 0.2) is 11.6 Å². The van der Waals surface area contributed by atoms with Crippen LogP contribution in [-0.2, 0) is 0 Å². The van der Waals surface area contributed by atoms with Gasteiger partial charge in [-0.25, -0.2) is 9.97 Å². The van der Waals surface area contributed by atoms with Crippen molar-refractivity contribution in [3.8, 4) is 0 Å². The fraction of sp³-hybridized carbons (Fsp3) is 0.375. The molecule has 1 aromatic heterocycles. The average molecular weight is 283 g/mol. The highest BCUT2D eigenvalue weighted by Crippen LogP contribution is 2.29. The number of nitrogens with zero attached hydrogens (tertiary/aromatic N) is 2. The van der Waals surface area contributed by atoms with Gasteiger partial charge >= 0.3 is 0 Å². The standard InChI is InChI=1S/C16H21N5/c1-11-6-2-5-9-13(11)21-16-14(17)15(18-10-19-16)20-12-7-3-4-8-12/h2,5-6,9-10,12H,3-4,7-8,17H2,1H3,(H2,18,19,20,21). The van der Waals surface area contributed by atoms with Crippen molar-refractivity contribution in [1.29, 1.82) is 0 Å². The van der Waals surface area contributed by atoms with Gasteiger partial charge in [-0.2, -0.15) is 0 Å². The van der Waals surface area contributed by atoms with Crippen LogP contribution in [-0.4, -0.2) is 16.0 Å². The molecule has 3 rings (SSSR count). The number of hydrogen-bond donors (Lipinski definition) is 3. The maximum absolute atomic E-state index is 6.21. The molecular formula is C16H21N5. The fourth-order valence-electron chi connectivity index (χ4n) is 2.71. The topological polar surface area (TPSA) is 75.9 Å². The van der Waals surface area contributed by atoms with E-state index < -0.39 is 0 Å². The molecule has 0 spiro atoms. The molecule has 5 nitrogen and oxygen atoms in total. The summed E-state index contributed by atoms with van der Waals surface area (Å²) in [6.45, 7) is 2.05. The Kier molecular flexibility index (Phi) is 3.90. The molecule has 1 aromatic carbocycles. The number of nitrogens with two attached hydrogens (primary N) is 1. The third kappa shape index (κ3) is 3.07. The summed E-state index contributed by atoms with van der Waals surface area (Å²) in [5, 5.41) is 6.72. The van der Waals surface area contributed by atoms with E-state index in [9.17, 15) is 0 Å². The Morgan fingerprint density at radius 2 is 1.81 bits per heavy atom. The molecule has 1 fully saturated rings. The molecule has 2 aromatic rings. The maximum Gasteiger partial charge on any atom is 0.159 e. The lowest BCUT2D eigenvalue weighted by Crippen LogP contribution is -2.17. The van der Waals surface area contributed by atoms with E-state index in [1.54, 1.807) is 6.33 Å². The number of para-hydroxylation sites is 1. The normalized spacial score (nSPS) is 15.1. The molecule has 1 aliphatic carbocycles. The van der Waals surface area contributed by atoms with Crippen molar-refractivity contribution in [3.05, 3.63) is 36.2 Å². The van der Waals surface area contributed by atoms with Crippen LogP contribution in [0.15, 0.2) is 30.6 Å². The summed E-state index contributed by atoms with van der Waals surface area (Å²) < 4.78 is 0. The Morgan fingerprint density at radius 3 is 2.57 bits per heavy atom. The van der Waals surface area contributed by atoms with Gasteiger partial charge in [0, 0.05) is 11.7 Å². The molecule has 110 valence electrons. The van der Waals surface area contributed by atoms with Gasteiger partial charge in [-0.3, -0.25) is 0 Å². The highest BCUT2D eigenvalue weighted by Gasteiger charge is 2.17. The number of aryl methyl sites for hydroxylation is 1. The third-order valence-electron chi connectivity index (χ3n) is 3.98. The Morgan fingerprint density at radius 1 is 1.10 bits per heavy atom. The summed E-state index contributed by atoms with van der Waals surface area (Å²) >= 11 is 0. The molecule has 5 heteroatoms. The van der Waals surface area contributed by atoms with Gasteiger partial charge in [0.2, 0.25) is 0 Å². The highest BCUT2D eigenvalue weighted by atomic mass is 15.1. The smallest absolute Gasteiger partial charge is 0.159 e. The average Bonchev–Trinajstić information content (AvgIpc) is 2.98. The Balaban J connectivity index is 1.81. The van der Waals surface area contributed by atoms with Crippen molar-refractivity contribution >= 4 is 23.0 Å². The molecule has 0 unspecified atom stereocenters. The Labute approximate surface area is 125 Å². The molecule has 21 heavy (non-hydrogen) atoms. The summed E-state index contributed by atoms with van der Waals surface area (Å²) in [6, 6.07) is 8.55. The fourth-order valence-corrected chi connectivity index (χ4v) is 2.71. The Bertz CT molecular complexity index is 620. The number of aromatic nitrogens is 2. The van der Waals surface area contributed by atoms with E-state index in [4.69, 9.17) is 5.73 Å². The molecule has 1 aliphatic rings. The number of rotatable bonds is 4. The molecule has 0 aliphatic heterocycles. The molecule has 0 atom stereocenters. The van der Waals surface area contributed by atoms with Crippen molar-refractivity contribution in [2.24, 2.45) is 0 Å². The second-order valence-electron chi connectivity index (χ2n) is 5.55. The van der Waals surface area contributed by atoms with E-state index in [-0.39, 0.29) is 0 Å². The van der Waals surface area contributed by atoms with Gasteiger partial charge in [-0.15, -0.1) is 0 Å². The summed E-state index contributed by atoms with van der Waals surface area (Å²) in [6.07, 6.45) is 6.47. The lowest BCUT2D eigenvalue weighted by molar-refractivity contribution is 0.750. The Hall–Kier alpha value is -2.30. The molecule has 0 saturated heterocycles. The van der Waals surface area contributed by atoms with E-state index in [2.05, 4.69) is 33.6 Å². The number of nitrogens with one attached hydrogen (secondary N) is 2. The largest absolute Gasteiger partial charge is 0.393 e. The van der Waals surface area contributed by atoms with Gasteiger partial charge in [0.25, 0.3) is 0 Å². The molecule has 0 radical (unpaired) electrons. The summed E-state index contributed by atoms with van der Waals surface area (Å²) in [7, 11) is 0. The van der Waals surface area contributed by atoms with Crippen LogP contribution in [0.4, 0.5) is 23.0 Å². The van der Waals surface area contributed by atoms with E-state index in [0.717, 1.165) is 17.1 Å². The zero-order valence-electron chi connectivity index (χ0n) is 12.3. The number of nitrogen functional groups attached to an aromatic ring is 1. The first-order chi connectivity index (χ1) is 10.2. The van der Waals surface area contributed by atoms with Crippen LogP contribution >= 0.6 is 0 Å². The first kappa shape index (κ1) is 13.7. The predicted molar refractivity (Wildman–Crippen MR) is 86.8 cm³/mol. The molecule has 0 amide bonds. The first-order valence-corrected chi connectivity index (χ1v) is 7.43. The van der Waals surface area contributed by atoms with E-state index in [0.29, 0.717) is 17.5 Å². The molecular weight excluding hydrogens is 262 g/mol. The maximum atomic E-state index is 6.21. The summed E-state index contributed by atoms with van der Waals surface area (Å²) in [5.74, 6) is 1.38. The van der Waals surface area contributed by atoms with Crippen LogP contribution in [0.2, 0.25) is 0 Å². The quantitative estimate of drug-likeness (QED) is 0.801. The monoisotopic (exact) mass is 283 g/mol. The SMILES string of the molecule is Cc1ccccc1Nc1ncnc(NC2CCCC2)c1N. The number of anilines is 4. The van der Waals surface area contributed by atoms with E-state index in [1.807, 2.05) is 18.2 Å². The lowest BCUT2D eigenvalue weighted by atomic mass is 10.2. The summed E-state index contributed by atoms with van der Waals surface area (Å²) in [5.41, 5.74) is 8.95. The van der Waals surface area contributed by atoms with Crippen molar-refractivity contribution in [2.75, 3.05) is 16.4 Å². The van der Waals surface area contributed by atoms with Crippen molar-refractivity contribution in [1.82, 2.24) is 9.97 Å². The lowest BCUT2D eigenvalue weighted by Gasteiger charge is -2.16. The van der Waals surface area contributed by atoms with Crippen LogP contribution in [0.1, 0.15) is 31.2 Å². The minimum Gasteiger partial charge on any atom is -0.393 e. The van der Waals surface area contributed by atoms with Crippen LogP contribution in [0.25, 0.3) is 0 Å². The first-order valence-electron chi connectivity index (χ1n) is 7.43. The van der Waals surface area contributed by atoms with Crippen molar-refractivity contribution in [2.45, 2.75) is 38.6 Å². The number of benzene rings is 1. The zero-order chi connectivity index (χ0) is 14.7. The predicted octanol–water partition coefficient (Wildman–Crippen LogP) is 3.47. The van der Waals surface area contributed by atoms with E-state index in [1.165, 1.54) is 25.7 Å². The van der Waals surface area contributed by atoms with Gasteiger partial charge in [0.1, 0.15) is 12.0 Å². The second-order valence-corrected chi connectivity index (χ2v) is 5.55. The van der Waals surface area contributed by atoms with Gasteiger partial charge in [-0.05, 0) is 31.4 Å². The second kappa shape index (κ2) is 5.99. The van der Waals surface area contributed by atoms with Crippen LogP contribution in [0.3, 0.4) is 0 Å². The minimum absolute atomic E-state index is 0.480. The molecule has 4 N–H and O–H groups in total. The van der Waals surface area contributed by atoms with Gasteiger partial charge < -0.3 is 16.4 Å². The molecule has 0 bridgehead atoms. The van der Waals surface area contributed by atoms with Gasteiger partial charge in [0.05, 0.1) is 0 Å². The van der Waals surface area contributed by atoms with E-state index >= 15 is 0 Å². The number of hydrogen-bond acceptors (Lipinski definition) is 5. The van der Waals surface area contributed by atoms with Crippen LogP contribution < -0.4 is 16.4 Å². The third-order valence-corrected chi connectivity index (χ3v) is 3.98. The molecule has 1 heterocycles. The van der Waals surface area contributed by atoms with Crippen LogP contribution in [0.5, 0.6) is 0 Å². The molecule has 1 saturated carbocycles. The highest BCUT2D eigenvalue weighted by molar-refractivity contribution is 5.78. The zero-order valence-corrected chi connectivity index (χ0v) is 12.3. The summed E-state index contributed by atoms with van der Waals surface area (Å²) in [4.78, 5) is 8.54.